The van der Waals surface area contributed by atoms with Crippen molar-refractivity contribution in [1.29, 1.82) is 0 Å². The molecule has 2 nitrogen and oxygen atoms in total. The highest BCUT2D eigenvalue weighted by Gasteiger charge is 2.56. The summed E-state index contributed by atoms with van der Waals surface area (Å²) >= 11 is 1.91. The smallest absolute Gasteiger partial charge is 0.333 e. The molecule has 4 aliphatic rings. The Hall–Kier alpha value is -6.88. The second-order valence-corrected chi connectivity index (χ2v) is 19.4. The highest BCUT2D eigenvalue weighted by Crippen LogP contribution is 2.64. The summed E-state index contributed by atoms with van der Waals surface area (Å²) in [4.78, 5) is 5.38. The summed E-state index contributed by atoms with van der Waals surface area (Å²) in [6.45, 7) is 6.83. The van der Waals surface area contributed by atoms with Crippen molar-refractivity contribution in [3.63, 3.8) is 0 Å². The molecule has 14 rings (SSSR count). The molecule has 0 N–H and O–H groups in total. The van der Waals surface area contributed by atoms with Crippen molar-refractivity contribution in [2.45, 2.75) is 31.6 Å². The van der Waals surface area contributed by atoms with E-state index in [2.05, 4.69) is 212 Å². The number of thiophene rings is 1. The number of anilines is 5. The zero-order valence-corrected chi connectivity index (χ0v) is 35.0. The van der Waals surface area contributed by atoms with E-state index in [0.717, 1.165) is 0 Å². The van der Waals surface area contributed by atoms with Gasteiger partial charge in [0.15, 0.2) is 0 Å². The van der Waals surface area contributed by atoms with Crippen LogP contribution in [0.3, 0.4) is 0 Å². The molecule has 4 heteroatoms. The maximum Gasteiger partial charge on any atom is 0.333 e. The third kappa shape index (κ3) is 4.14. The first-order chi connectivity index (χ1) is 29.9. The first-order valence-electron chi connectivity index (χ1n) is 21.6. The molecule has 10 aromatic rings. The molecule has 61 heavy (non-hydrogen) atoms. The second-order valence-electron chi connectivity index (χ2n) is 18.3. The average molecular weight is 795 g/mol. The summed E-state index contributed by atoms with van der Waals surface area (Å²) in [5.41, 5.74) is 20.6. The van der Waals surface area contributed by atoms with Crippen LogP contribution in [0.25, 0.3) is 53.2 Å². The number of benzene rings is 9. The van der Waals surface area contributed by atoms with Crippen LogP contribution in [-0.2, 0) is 10.8 Å². The topological polar surface area (TPSA) is 6.48 Å². The van der Waals surface area contributed by atoms with Gasteiger partial charge in [-0.15, -0.1) is 11.3 Å². The van der Waals surface area contributed by atoms with Crippen molar-refractivity contribution < 1.29 is 0 Å². The maximum absolute atomic E-state index is 2.70. The van der Waals surface area contributed by atoms with E-state index in [1.165, 1.54) is 120 Å². The van der Waals surface area contributed by atoms with Gasteiger partial charge in [-0.25, -0.2) is 0 Å². The zero-order valence-electron chi connectivity index (χ0n) is 34.2. The van der Waals surface area contributed by atoms with Gasteiger partial charge in [-0.3, -0.25) is 0 Å². The lowest BCUT2D eigenvalue weighted by Crippen LogP contribution is -2.62. The molecule has 9 aromatic carbocycles. The van der Waals surface area contributed by atoms with E-state index in [0.29, 0.717) is 0 Å². The van der Waals surface area contributed by atoms with E-state index in [9.17, 15) is 0 Å². The fourth-order valence-corrected chi connectivity index (χ4v) is 13.1. The van der Waals surface area contributed by atoms with Gasteiger partial charge < -0.3 is 9.71 Å². The van der Waals surface area contributed by atoms with Gasteiger partial charge in [0.05, 0.1) is 16.8 Å². The lowest BCUT2D eigenvalue weighted by atomic mass is 9.42. The summed E-state index contributed by atoms with van der Waals surface area (Å²) < 4.78 is 2.65. The predicted molar refractivity (Wildman–Crippen MR) is 260 cm³/mol. The summed E-state index contributed by atoms with van der Waals surface area (Å²) in [7, 11) is 0. The van der Waals surface area contributed by atoms with E-state index in [1.807, 2.05) is 11.3 Å². The highest BCUT2D eigenvalue weighted by molar-refractivity contribution is 7.26. The number of hydrogen-bond acceptors (Lipinski definition) is 3. The summed E-state index contributed by atoms with van der Waals surface area (Å²) in [5.74, 6) is 0. The monoisotopic (exact) mass is 794 g/mol. The summed E-state index contributed by atoms with van der Waals surface area (Å²) in [5, 5.41) is 5.21. The van der Waals surface area contributed by atoms with Crippen LogP contribution < -0.4 is 20.6 Å². The van der Waals surface area contributed by atoms with Gasteiger partial charge in [0.25, 0.3) is 0 Å². The molecule has 3 aliphatic heterocycles. The van der Waals surface area contributed by atoms with E-state index in [4.69, 9.17) is 0 Å². The molecule has 1 aliphatic carbocycles. The Labute approximate surface area is 360 Å². The first-order valence-corrected chi connectivity index (χ1v) is 22.4. The summed E-state index contributed by atoms with van der Waals surface area (Å²) in [6.07, 6.45) is 0. The van der Waals surface area contributed by atoms with Crippen molar-refractivity contribution in [1.82, 2.24) is 0 Å². The number of rotatable bonds is 1. The van der Waals surface area contributed by atoms with E-state index in [1.54, 1.807) is 0 Å². The standard InChI is InChI=1S/C57H39BN2S/c1-56(2,3)35-27-29-36(30-28-35)60-48-31-32-50-52(40-19-8-13-26-49(40)61-50)51(48)41-33-34-15-4-5-16-37(34)54-53(41)58(60)46-24-14-23-45-55(46)59(54)47-25-12-11-22-44(47)57(45)42-20-9-6-17-38(42)39-18-7-10-21-43(39)57/h4-33H,1-3H3. The van der Waals surface area contributed by atoms with E-state index < -0.39 is 5.41 Å². The van der Waals surface area contributed by atoms with Gasteiger partial charge in [0.1, 0.15) is 0 Å². The fraction of sp³-hybridized carbons (Fsp3) is 0.0877. The van der Waals surface area contributed by atoms with Crippen LogP contribution in [0.4, 0.5) is 28.4 Å². The van der Waals surface area contributed by atoms with Gasteiger partial charge in [0.2, 0.25) is 0 Å². The minimum Gasteiger partial charge on any atom is -0.376 e. The molecule has 0 saturated carbocycles. The molecular weight excluding hydrogens is 756 g/mol. The fourth-order valence-electron chi connectivity index (χ4n) is 12.0. The van der Waals surface area contributed by atoms with Crippen molar-refractivity contribution in [3.8, 4) is 22.3 Å². The highest BCUT2D eigenvalue weighted by atomic mass is 32.1. The van der Waals surface area contributed by atoms with Crippen LogP contribution in [0.2, 0.25) is 0 Å². The van der Waals surface area contributed by atoms with Crippen molar-refractivity contribution in [3.05, 3.63) is 210 Å². The van der Waals surface area contributed by atoms with Crippen LogP contribution >= 0.6 is 11.3 Å². The molecule has 0 bridgehead atoms. The first kappa shape index (κ1) is 33.9. The number of fused-ring (bicyclic) bond motifs is 19. The van der Waals surface area contributed by atoms with Crippen molar-refractivity contribution in [2.75, 3.05) is 9.71 Å². The minimum atomic E-state index is -0.496. The predicted octanol–water partition coefficient (Wildman–Crippen LogP) is 13.9. The number of hydrogen-bond donors (Lipinski definition) is 0. The average Bonchev–Trinajstić information content (AvgIpc) is 3.82. The Balaban J connectivity index is 1.18. The Bertz CT molecular complexity index is 3510. The van der Waals surface area contributed by atoms with Crippen molar-refractivity contribution in [2.24, 2.45) is 0 Å². The largest absolute Gasteiger partial charge is 0.376 e. The van der Waals surface area contributed by atoms with Gasteiger partial charge >= 0.3 is 6.85 Å². The second kappa shape index (κ2) is 11.7. The van der Waals surface area contributed by atoms with Crippen LogP contribution in [0, 0.1) is 0 Å². The van der Waals surface area contributed by atoms with Crippen LogP contribution in [0.5, 0.6) is 0 Å². The Morgan fingerprint density at radius 1 is 0.508 bits per heavy atom. The normalized spacial score (nSPS) is 14.8. The van der Waals surface area contributed by atoms with Crippen molar-refractivity contribution >= 4 is 88.5 Å². The van der Waals surface area contributed by atoms with Crippen LogP contribution in [-0.4, -0.2) is 6.85 Å². The molecule has 0 fully saturated rings. The Morgan fingerprint density at radius 2 is 1.16 bits per heavy atom. The minimum absolute atomic E-state index is 0.0399. The molecule has 0 amide bonds. The SMILES string of the molecule is CC(C)(C)c1ccc(N2B3c4cccc5c4N(c4ccccc4C54c5ccccc5-c5ccccc54)c4c3c(cc3ccccc43)-c3c2ccc2sc4ccccc4c32)cc1. The van der Waals surface area contributed by atoms with Gasteiger partial charge in [-0.05, 0) is 109 Å². The Morgan fingerprint density at radius 3 is 1.93 bits per heavy atom. The summed E-state index contributed by atoms with van der Waals surface area (Å²) in [6, 6.07) is 69.8. The molecule has 4 heterocycles. The molecule has 0 atom stereocenters. The molecule has 286 valence electrons. The quantitative estimate of drug-likeness (QED) is 0.153. The van der Waals surface area contributed by atoms with Gasteiger partial charge in [0, 0.05) is 48.2 Å². The molecule has 0 saturated heterocycles. The van der Waals surface area contributed by atoms with Gasteiger partial charge in [-0.2, -0.15) is 0 Å². The van der Waals surface area contributed by atoms with Crippen LogP contribution in [0.15, 0.2) is 182 Å². The molecular formula is C57H39BN2S. The van der Waals surface area contributed by atoms with Crippen LogP contribution in [0.1, 0.15) is 48.6 Å². The number of nitrogens with zero attached hydrogens (tertiary/aromatic N) is 2. The van der Waals surface area contributed by atoms with Gasteiger partial charge in [-0.1, -0.05) is 160 Å². The van der Waals surface area contributed by atoms with E-state index in [-0.39, 0.29) is 12.3 Å². The maximum atomic E-state index is 2.70. The Kier molecular flexibility index (Phi) is 6.50. The molecule has 0 unspecified atom stereocenters. The third-order valence-electron chi connectivity index (χ3n) is 14.4. The van der Waals surface area contributed by atoms with E-state index >= 15 is 0 Å². The lowest BCUT2D eigenvalue weighted by molar-refractivity contribution is 0.590. The lowest BCUT2D eigenvalue weighted by Gasteiger charge is -2.52. The molecule has 1 aromatic heterocycles. The number of para-hydroxylation sites is 2. The zero-order chi connectivity index (χ0) is 40.4. The third-order valence-corrected chi connectivity index (χ3v) is 15.5. The molecule has 0 radical (unpaired) electrons. The molecule has 1 spiro atoms.